The van der Waals surface area contributed by atoms with E-state index in [1.807, 2.05) is 0 Å². The SMILES string of the molecule is O=C(O)C(=O)c1cc(Br)cc2c1OCOC2. The van der Waals surface area contributed by atoms with E-state index < -0.39 is 11.8 Å². The van der Waals surface area contributed by atoms with Crippen molar-refractivity contribution in [3.8, 4) is 5.75 Å². The molecule has 0 fully saturated rings. The molecule has 0 bridgehead atoms. The summed E-state index contributed by atoms with van der Waals surface area (Å²) in [6.45, 7) is 0.323. The Morgan fingerprint density at radius 3 is 2.81 bits per heavy atom. The number of carbonyl (C=O) groups excluding carboxylic acids is 1. The Hall–Kier alpha value is -1.40. The number of hydrogen-bond donors (Lipinski definition) is 1. The maximum absolute atomic E-state index is 11.4. The van der Waals surface area contributed by atoms with Gasteiger partial charge in [0.1, 0.15) is 5.75 Å². The molecular formula is C10H7BrO5. The number of benzene rings is 1. The first-order valence-corrected chi connectivity index (χ1v) is 5.19. The molecule has 0 spiro atoms. The number of ether oxygens (including phenoxy) is 2. The minimum absolute atomic E-state index is 0.0224. The van der Waals surface area contributed by atoms with Crippen LogP contribution in [0.15, 0.2) is 16.6 Å². The predicted molar refractivity (Wildman–Crippen MR) is 56.4 cm³/mol. The molecule has 1 aliphatic heterocycles. The molecule has 0 radical (unpaired) electrons. The third-order valence-corrected chi connectivity index (χ3v) is 2.57. The summed E-state index contributed by atoms with van der Waals surface area (Å²) in [4.78, 5) is 22.1. The summed E-state index contributed by atoms with van der Waals surface area (Å²) in [6, 6.07) is 3.16. The fourth-order valence-corrected chi connectivity index (χ4v) is 1.97. The van der Waals surface area contributed by atoms with Crippen molar-refractivity contribution in [2.45, 2.75) is 6.61 Å². The van der Waals surface area contributed by atoms with E-state index in [-0.39, 0.29) is 12.4 Å². The topological polar surface area (TPSA) is 72.8 Å². The van der Waals surface area contributed by atoms with Gasteiger partial charge in [-0.05, 0) is 12.1 Å². The molecule has 5 nitrogen and oxygen atoms in total. The first kappa shape index (κ1) is 11.1. The monoisotopic (exact) mass is 286 g/mol. The highest BCUT2D eigenvalue weighted by molar-refractivity contribution is 9.10. The van der Waals surface area contributed by atoms with Crippen LogP contribution in [0.1, 0.15) is 15.9 Å². The van der Waals surface area contributed by atoms with Gasteiger partial charge < -0.3 is 14.6 Å². The molecule has 1 aromatic carbocycles. The highest BCUT2D eigenvalue weighted by atomic mass is 79.9. The second kappa shape index (κ2) is 4.23. The summed E-state index contributed by atoms with van der Waals surface area (Å²) in [5.74, 6) is -2.20. The highest BCUT2D eigenvalue weighted by Gasteiger charge is 2.24. The number of fused-ring (bicyclic) bond motifs is 1. The largest absolute Gasteiger partial charge is 0.475 e. The molecule has 1 heterocycles. The van der Waals surface area contributed by atoms with Gasteiger partial charge in [0.25, 0.3) is 5.78 Å². The molecule has 2 rings (SSSR count). The number of carboxylic acid groups (broad SMARTS) is 1. The Morgan fingerprint density at radius 2 is 2.12 bits per heavy atom. The fourth-order valence-electron chi connectivity index (χ4n) is 1.46. The van der Waals surface area contributed by atoms with Gasteiger partial charge in [-0.3, -0.25) is 4.79 Å². The number of halogens is 1. The van der Waals surface area contributed by atoms with Crippen LogP contribution < -0.4 is 4.74 Å². The molecule has 1 aromatic rings. The molecule has 0 saturated heterocycles. The van der Waals surface area contributed by atoms with Crippen molar-refractivity contribution >= 4 is 27.7 Å². The first-order valence-electron chi connectivity index (χ1n) is 4.40. The molecule has 0 unspecified atom stereocenters. The fraction of sp³-hybridized carbons (Fsp3) is 0.200. The predicted octanol–water partition coefficient (Wildman–Crippen LogP) is 1.58. The Bertz CT molecular complexity index is 469. The lowest BCUT2D eigenvalue weighted by Gasteiger charge is -2.19. The molecule has 84 valence electrons. The van der Waals surface area contributed by atoms with E-state index in [1.165, 1.54) is 6.07 Å². The number of ketones is 1. The zero-order chi connectivity index (χ0) is 11.7. The van der Waals surface area contributed by atoms with Crippen molar-refractivity contribution in [2.75, 3.05) is 6.79 Å². The maximum atomic E-state index is 11.4. The van der Waals surface area contributed by atoms with Gasteiger partial charge in [0.05, 0.1) is 12.2 Å². The molecule has 6 heteroatoms. The summed E-state index contributed by atoms with van der Waals surface area (Å²) >= 11 is 3.20. The number of hydrogen-bond acceptors (Lipinski definition) is 4. The van der Waals surface area contributed by atoms with Gasteiger partial charge in [-0.25, -0.2) is 4.79 Å². The third kappa shape index (κ3) is 1.94. The zero-order valence-electron chi connectivity index (χ0n) is 8.03. The Morgan fingerprint density at radius 1 is 1.38 bits per heavy atom. The normalized spacial score (nSPS) is 13.8. The molecule has 0 aliphatic carbocycles. The van der Waals surface area contributed by atoms with Crippen LogP contribution in [-0.4, -0.2) is 23.7 Å². The Labute approximate surface area is 99.1 Å². The van der Waals surface area contributed by atoms with Gasteiger partial charge >= 0.3 is 5.97 Å². The smallest absolute Gasteiger partial charge is 0.377 e. The molecule has 1 N–H and O–H groups in total. The highest BCUT2D eigenvalue weighted by Crippen LogP contribution is 2.32. The average molecular weight is 287 g/mol. The molecule has 1 aliphatic rings. The van der Waals surface area contributed by atoms with E-state index >= 15 is 0 Å². The minimum atomic E-state index is -1.50. The van der Waals surface area contributed by atoms with E-state index in [1.54, 1.807) is 6.07 Å². The number of Topliss-reactive ketones (excluding diaryl/α,β-unsaturated/α-hetero) is 1. The second-order valence-corrected chi connectivity index (χ2v) is 4.10. The Kier molecular flexibility index (Phi) is 2.93. The zero-order valence-corrected chi connectivity index (χ0v) is 9.61. The number of carbonyl (C=O) groups is 2. The van der Waals surface area contributed by atoms with Crippen LogP contribution >= 0.6 is 15.9 Å². The van der Waals surface area contributed by atoms with Crippen LogP contribution in [0, 0.1) is 0 Å². The average Bonchev–Trinajstić information content (AvgIpc) is 2.26. The van der Waals surface area contributed by atoms with Crippen molar-refractivity contribution in [1.82, 2.24) is 0 Å². The molecule has 0 saturated carbocycles. The van der Waals surface area contributed by atoms with E-state index in [9.17, 15) is 9.59 Å². The molecule has 0 aromatic heterocycles. The molecular weight excluding hydrogens is 280 g/mol. The van der Waals surface area contributed by atoms with Crippen LogP contribution in [0.3, 0.4) is 0 Å². The summed E-state index contributed by atoms with van der Waals surface area (Å²) in [5, 5.41) is 8.68. The Balaban J connectivity index is 2.55. The van der Waals surface area contributed by atoms with E-state index in [4.69, 9.17) is 14.6 Å². The van der Waals surface area contributed by atoms with Crippen molar-refractivity contribution in [2.24, 2.45) is 0 Å². The minimum Gasteiger partial charge on any atom is -0.475 e. The van der Waals surface area contributed by atoms with Crippen LogP contribution in [0.25, 0.3) is 0 Å². The van der Waals surface area contributed by atoms with Gasteiger partial charge in [-0.1, -0.05) is 15.9 Å². The lowest BCUT2D eigenvalue weighted by atomic mass is 10.1. The van der Waals surface area contributed by atoms with E-state index in [0.29, 0.717) is 22.4 Å². The lowest BCUT2D eigenvalue weighted by Crippen LogP contribution is -2.19. The van der Waals surface area contributed by atoms with Crippen LogP contribution in [-0.2, 0) is 16.1 Å². The summed E-state index contributed by atoms with van der Waals surface area (Å²) in [5.41, 5.74) is 0.699. The quantitative estimate of drug-likeness (QED) is 0.660. The standard InChI is InChI=1S/C10H7BrO5/c11-6-1-5-3-15-4-16-9(5)7(2-6)8(12)10(13)14/h1-2H,3-4H2,(H,13,14). The first-order chi connectivity index (χ1) is 7.59. The van der Waals surface area contributed by atoms with Crippen LogP contribution in [0.2, 0.25) is 0 Å². The van der Waals surface area contributed by atoms with Gasteiger partial charge in [-0.15, -0.1) is 0 Å². The molecule has 0 atom stereocenters. The van der Waals surface area contributed by atoms with Crippen LogP contribution in [0.4, 0.5) is 0 Å². The second-order valence-electron chi connectivity index (χ2n) is 3.19. The summed E-state index contributed by atoms with van der Waals surface area (Å²) in [6.07, 6.45) is 0. The number of rotatable bonds is 2. The van der Waals surface area contributed by atoms with Gasteiger partial charge in [-0.2, -0.15) is 0 Å². The van der Waals surface area contributed by atoms with Gasteiger partial charge in [0.15, 0.2) is 6.79 Å². The summed E-state index contributed by atoms with van der Waals surface area (Å²) in [7, 11) is 0. The van der Waals surface area contributed by atoms with Gasteiger partial charge in [0.2, 0.25) is 0 Å². The molecule has 16 heavy (non-hydrogen) atoms. The maximum Gasteiger partial charge on any atom is 0.377 e. The summed E-state index contributed by atoms with van der Waals surface area (Å²) < 4.78 is 10.8. The molecule has 0 amide bonds. The number of carboxylic acids is 1. The van der Waals surface area contributed by atoms with E-state index in [2.05, 4.69) is 15.9 Å². The third-order valence-electron chi connectivity index (χ3n) is 2.11. The van der Waals surface area contributed by atoms with Crippen molar-refractivity contribution in [3.05, 3.63) is 27.7 Å². The van der Waals surface area contributed by atoms with Gasteiger partial charge in [0, 0.05) is 10.0 Å². The number of aliphatic carboxylic acids is 1. The van der Waals surface area contributed by atoms with Crippen LogP contribution in [0.5, 0.6) is 5.75 Å². The van der Waals surface area contributed by atoms with Crippen molar-refractivity contribution in [1.29, 1.82) is 0 Å². The lowest BCUT2D eigenvalue weighted by molar-refractivity contribution is -0.131. The van der Waals surface area contributed by atoms with E-state index in [0.717, 1.165) is 0 Å². The van der Waals surface area contributed by atoms with Crippen molar-refractivity contribution < 1.29 is 24.2 Å². The van der Waals surface area contributed by atoms with Crippen molar-refractivity contribution in [3.63, 3.8) is 0 Å².